The molecule has 0 amide bonds. The van der Waals surface area contributed by atoms with Gasteiger partial charge in [0.2, 0.25) is 5.30 Å². The Labute approximate surface area is 258 Å². The number of rotatable bonds is 2. The normalized spacial score (nSPS) is 19.3. The lowest BCUT2D eigenvalue weighted by atomic mass is 9.74. The van der Waals surface area contributed by atoms with E-state index in [2.05, 4.69) is 114 Å². The number of nitro groups is 1. The lowest BCUT2D eigenvalue weighted by molar-refractivity contribution is -0.384. The average Bonchev–Trinajstić information content (AvgIpc) is 2.85. The van der Waals surface area contributed by atoms with Crippen LogP contribution < -0.4 is 14.4 Å². The fraction of sp³-hybridized carbons (Fsp3) is 0.500. The Hall–Kier alpha value is -2.95. The van der Waals surface area contributed by atoms with Crippen molar-refractivity contribution in [3.05, 3.63) is 92.0 Å². The van der Waals surface area contributed by atoms with E-state index in [0.29, 0.717) is 16.8 Å². The van der Waals surface area contributed by atoms with Crippen LogP contribution >= 0.6 is 7.94 Å². The predicted octanol–water partition coefficient (Wildman–Crippen LogP) is 9.79. The molecule has 1 heterocycles. The van der Waals surface area contributed by atoms with Crippen molar-refractivity contribution < 1.29 is 18.9 Å². The molecular weight excluding hydrogens is 557 g/mol. The van der Waals surface area contributed by atoms with Gasteiger partial charge in [0.15, 0.2) is 11.5 Å². The Morgan fingerprint density at radius 2 is 1.05 bits per heavy atom. The van der Waals surface area contributed by atoms with Crippen molar-refractivity contribution in [2.75, 3.05) is 0 Å². The van der Waals surface area contributed by atoms with Gasteiger partial charge < -0.3 is 0 Å². The van der Waals surface area contributed by atoms with Gasteiger partial charge in [-0.25, -0.2) is 0 Å². The van der Waals surface area contributed by atoms with E-state index >= 15 is 0 Å². The summed E-state index contributed by atoms with van der Waals surface area (Å²) in [7, 11) is -3.86. The molecule has 1 N–H and O–H groups in total. The summed E-state index contributed by atoms with van der Waals surface area (Å²) >= 11 is 0. The summed E-state index contributed by atoms with van der Waals surface area (Å²) in [5, 5.41) is 11.8. The molecule has 0 spiro atoms. The number of nitro benzene ring substituents is 1. The minimum atomic E-state index is -3.86. The second-order valence-corrected chi connectivity index (χ2v) is 18.0. The Bertz CT molecular complexity index is 1460. The number of non-ortho nitro benzene ring substituents is 1. The molecule has 0 fully saturated rings. The lowest BCUT2D eigenvalue weighted by Gasteiger charge is -2.35. The van der Waals surface area contributed by atoms with Crippen molar-refractivity contribution >= 4 is 18.9 Å². The van der Waals surface area contributed by atoms with Crippen molar-refractivity contribution in [1.82, 2.24) is 0 Å². The molecule has 0 aliphatic carbocycles. The third-order valence-corrected chi connectivity index (χ3v) is 10.1. The third-order valence-electron chi connectivity index (χ3n) is 8.33. The monoisotopic (exact) mass is 606 g/mol. The number of hydrogen-bond donors (Lipinski definition) is 1. The molecule has 0 aromatic heterocycles. The molecule has 0 saturated carbocycles. The maximum absolute atomic E-state index is 12.6. The van der Waals surface area contributed by atoms with E-state index in [1.807, 2.05) is 0 Å². The molecule has 0 saturated heterocycles. The highest BCUT2D eigenvalue weighted by Gasteiger charge is 2.52. The van der Waals surface area contributed by atoms with Crippen LogP contribution in [0.25, 0.3) is 0 Å². The first-order chi connectivity index (χ1) is 19.4. The van der Waals surface area contributed by atoms with Crippen LogP contribution in [0.1, 0.15) is 129 Å². The van der Waals surface area contributed by atoms with Gasteiger partial charge in [-0.2, -0.15) is 4.89 Å². The topological polar surface area (TPSA) is 81.8 Å². The zero-order valence-electron chi connectivity index (χ0n) is 28.2. The summed E-state index contributed by atoms with van der Waals surface area (Å²) in [6, 6.07) is 14.7. The van der Waals surface area contributed by atoms with Crippen LogP contribution in [0, 0.1) is 10.1 Å². The average molecular weight is 607 g/mol. The third kappa shape index (κ3) is 6.47. The van der Waals surface area contributed by atoms with Gasteiger partial charge in [-0.3, -0.25) is 19.2 Å². The van der Waals surface area contributed by atoms with Crippen LogP contribution in [-0.4, -0.2) is 9.82 Å². The summed E-state index contributed by atoms with van der Waals surface area (Å²) < 4.78 is 13.6. The molecule has 0 bridgehead atoms. The molecular formula is C36H49NO5P+. The van der Waals surface area contributed by atoms with Gasteiger partial charge in [-0.15, -0.1) is 0 Å². The highest BCUT2D eigenvalue weighted by Crippen LogP contribution is 2.62. The van der Waals surface area contributed by atoms with E-state index < -0.39 is 12.9 Å². The molecule has 6 nitrogen and oxygen atoms in total. The molecule has 1 aliphatic rings. The summed E-state index contributed by atoms with van der Waals surface area (Å²) in [5.74, 6) is 1.13. The number of fused-ring (bicyclic) bond motifs is 2. The van der Waals surface area contributed by atoms with Crippen LogP contribution in [0.2, 0.25) is 0 Å². The lowest BCUT2D eigenvalue weighted by Crippen LogP contribution is -2.28. The SMILES string of the molecule is CC1c2cc(C(C)(C)C)cc(C(C)(C)C)c2O[P+](O)(c2ccc([N+](=O)[O-])cc2)Oc2c1cc(C(C)(C)C)cc2C(C)(C)C. The minimum Gasteiger partial charge on any atom is -0.273 e. The van der Waals surface area contributed by atoms with E-state index in [-0.39, 0.29) is 33.3 Å². The summed E-state index contributed by atoms with van der Waals surface area (Å²) in [6.07, 6.45) is 0. The molecule has 0 radical (unpaired) electrons. The highest BCUT2D eigenvalue weighted by molar-refractivity contribution is 7.69. The van der Waals surface area contributed by atoms with Gasteiger partial charge in [0.1, 0.15) is 0 Å². The van der Waals surface area contributed by atoms with Crippen molar-refractivity contribution in [1.29, 1.82) is 0 Å². The molecule has 3 aromatic rings. The summed E-state index contributed by atoms with van der Waals surface area (Å²) in [5.41, 5.74) is 5.41. The summed E-state index contributed by atoms with van der Waals surface area (Å²) in [6.45, 7) is 28.3. The molecule has 3 aromatic carbocycles. The molecule has 4 rings (SSSR count). The Morgan fingerprint density at radius 3 is 1.35 bits per heavy atom. The fourth-order valence-electron chi connectivity index (χ4n) is 5.43. The first kappa shape index (κ1) is 33.0. The molecule has 43 heavy (non-hydrogen) atoms. The van der Waals surface area contributed by atoms with Crippen molar-refractivity contribution in [3.63, 3.8) is 0 Å². The molecule has 1 aliphatic heterocycles. The van der Waals surface area contributed by atoms with Crippen LogP contribution in [0.15, 0.2) is 48.5 Å². The van der Waals surface area contributed by atoms with Gasteiger partial charge in [0, 0.05) is 40.3 Å². The van der Waals surface area contributed by atoms with Crippen LogP contribution in [0.5, 0.6) is 11.5 Å². The second kappa shape index (κ2) is 10.6. The zero-order chi connectivity index (χ0) is 32.5. The maximum atomic E-state index is 12.6. The predicted molar refractivity (Wildman–Crippen MR) is 178 cm³/mol. The first-order valence-corrected chi connectivity index (χ1v) is 16.6. The first-order valence-electron chi connectivity index (χ1n) is 15.1. The van der Waals surface area contributed by atoms with E-state index in [0.717, 1.165) is 22.3 Å². The van der Waals surface area contributed by atoms with Crippen LogP contribution in [-0.2, 0) is 21.7 Å². The van der Waals surface area contributed by atoms with Crippen LogP contribution in [0.4, 0.5) is 5.69 Å². The van der Waals surface area contributed by atoms with Crippen molar-refractivity contribution in [3.8, 4) is 11.5 Å². The van der Waals surface area contributed by atoms with E-state index in [1.54, 1.807) is 12.1 Å². The number of hydrogen-bond acceptors (Lipinski definition) is 5. The maximum Gasteiger partial charge on any atom is 0.533 e. The van der Waals surface area contributed by atoms with Gasteiger partial charge in [-0.1, -0.05) is 114 Å². The van der Waals surface area contributed by atoms with E-state index in [9.17, 15) is 15.0 Å². The Kier molecular flexibility index (Phi) is 8.12. The number of benzene rings is 3. The van der Waals surface area contributed by atoms with Gasteiger partial charge in [0.05, 0.1) is 4.92 Å². The van der Waals surface area contributed by atoms with Gasteiger partial charge in [-0.05, 0) is 44.9 Å². The molecule has 232 valence electrons. The smallest absolute Gasteiger partial charge is 0.273 e. The van der Waals surface area contributed by atoms with Crippen LogP contribution in [0.3, 0.4) is 0 Å². The van der Waals surface area contributed by atoms with Crippen molar-refractivity contribution in [2.24, 2.45) is 0 Å². The second-order valence-electron chi connectivity index (χ2n) is 16.1. The van der Waals surface area contributed by atoms with E-state index in [4.69, 9.17) is 9.05 Å². The largest absolute Gasteiger partial charge is 0.533 e. The summed E-state index contributed by atoms with van der Waals surface area (Å²) in [4.78, 5) is 23.6. The van der Waals surface area contributed by atoms with Crippen molar-refractivity contribution in [2.45, 2.75) is 118 Å². The quantitative estimate of drug-likeness (QED) is 0.178. The molecule has 7 heteroatoms. The standard InChI is InChI=1S/C36H49NO5P/c1-22-27-18-23(33(2,3)4)20-29(35(8,9)10)31(27)41-43(40,26-16-14-25(15-17-26)37(38)39)42-32-28(22)19-24(34(5,6)7)21-30(32)36(11,12)13/h14-22,40H,1-13H3/q+1. The fourth-order valence-corrected chi connectivity index (χ4v) is 7.11. The molecule has 0 unspecified atom stereocenters. The Balaban J connectivity index is 2.18. The number of nitrogens with zero attached hydrogens (tertiary/aromatic N) is 1. The Morgan fingerprint density at radius 1 is 0.674 bits per heavy atom. The minimum absolute atomic E-state index is 0.0628. The molecule has 0 atom stereocenters. The van der Waals surface area contributed by atoms with Gasteiger partial charge in [0.25, 0.3) is 5.69 Å². The highest BCUT2D eigenvalue weighted by atomic mass is 31.2. The van der Waals surface area contributed by atoms with Gasteiger partial charge >= 0.3 is 7.94 Å². The zero-order valence-corrected chi connectivity index (χ0v) is 29.1. The van der Waals surface area contributed by atoms with E-state index in [1.165, 1.54) is 23.3 Å².